The molecule has 3 heteroatoms. The van der Waals surface area contributed by atoms with Crippen LogP contribution in [0.25, 0.3) is 11.0 Å². The second-order valence-electron chi connectivity index (χ2n) is 5.59. The fourth-order valence-electron chi connectivity index (χ4n) is 3.07. The second kappa shape index (κ2) is 5.55. The minimum Gasteiger partial charge on any atom is -0.382 e. The molecule has 0 bridgehead atoms. The molecule has 1 aliphatic carbocycles. The zero-order valence-corrected chi connectivity index (χ0v) is 11.5. The molecular formula is C16H21N3. The van der Waals surface area contributed by atoms with Crippen LogP contribution in [0.3, 0.4) is 0 Å². The van der Waals surface area contributed by atoms with Gasteiger partial charge in [0, 0.05) is 24.1 Å². The minimum absolute atomic E-state index is 0.537. The van der Waals surface area contributed by atoms with Crippen molar-refractivity contribution in [2.75, 3.05) is 5.32 Å². The van der Waals surface area contributed by atoms with Crippen LogP contribution in [0.1, 0.15) is 39.0 Å². The van der Waals surface area contributed by atoms with Crippen molar-refractivity contribution in [3.8, 4) is 0 Å². The molecule has 0 spiro atoms. The number of nitrogens with one attached hydrogen (secondary N) is 1. The first-order valence-electron chi connectivity index (χ1n) is 7.30. The number of anilines is 1. The molecule has 1 aliphatic rings. The maximum Gasteiger partial charge on any atom is 0.0907 e. The number of nitrogens with zero attached hydrogens (tertiary/aromatic N) is 2. The van der Waals surface area contributed by atoms with Gasteiger partial charge in [-0.2, -0.15) is 0 Å². The molecule has 1 aromatic heterocycles. The molecular weight excluding hydrogens is 234 g/mol. The molecule has 19 heavy (non-hydrogen) atoms. The molecule has 1 fully saturated rings. The number of benzene rings is 1. The van der Waals surface area contributed by atoms with Crippen molar-refractivity contribution >= 4 is 16.7 Å². The zero-order chi connectivity index (χ0) is 13.1. The predicted octanol–water partition coefficient (Wildman–Crippen LogP) is 4.01. The van der Waals surface area contributed by atoms with Crippen molar-refractivity contribution in [3.63, 3.8) is 0 Å². The SMILES string of the molecule is CC(Nc1ccc2nccnc2c1)C1CCCCC1. The highest BCUT2D eigenvalue weighted by Gasteiger charge is 2.19. The Hall–Kier alpha value is -1.64. The van der Waals surface area contributed by atoms with E-state index in [1.807, 2.05) is 6.07 Å². The third-order valence-corrected chi connectivity index (χ3v) is 4.22. The van der Waals surface area contributed by atoms with Crippen molar-refractivity contribution in [1.29, 1.82) is 0 Å². The Labute approximate surface area is 114 Å². The van der Waals surface area contributed by atoms with E-state index in [4.69, 9.17) is 0 Å². The van der Waals surface area contributed by atoms with E-state index in [9.17, 15) is 0 Å². The van der Waals surface area contributed by atoms with Crippen molar-refractivity contribution in [1.82, 2.24) is 9.97 Å². The molecule has 1 heterocycles. The molecule has 2 aromatic rings. The van der Waals surface area contributed by atoms with Crippen LogP contribution in [0, 0.1) is 5.92 Å². The van der Waals surface area contributed by atoms with Gasteiger partial charge in [-0.05, 0) is 43.9 Å². The smallest absolute Gasteiger partial charge is 0.0907 e. The summed E-state index contributed by atoms with van der Waals surface area (Å²) in [6.45, 7) is 2.30. The van der Waals surface area contributed by atoms with E-state index in [1.165, 1.54) is 32.1 Å². The Morgan fingerprint density at radius 2 is 1.79 bits per heavy atom. The number of hydrogen-bond acceptors (Lipinski definition) is 3. The Morgan fingerprint density at radius 1 is 1.05 bits per heavy atom. The molecule has 3 nitrogen and oxygen atoms in total. The molecule has 0 saturated heterocycles. The van der Waals surface area contributed by atoms with E-state index in [0.717, 1.165) is 22.6 Å². The summed E-state index contributed by atoms with van der Waals surface area (Å²) in [6.07, 6.45) is 10.4. The van der Waals surface area contributed by atoms with E-state index in [0.29, 0.717) is 6.04 Å². The maximum atomic E-state index is 4.36. The number of fused-ring (bicyclic) bond motifs is 1. The highest BCUT2D eigenvalue weighted by atomic mass is 14.9. The van der Waals surface area contributed by atoms with Gasteiger partial charge in [-0.15, -0.1) is 0 Å². The fraction of sp³-hybridized carbons (Fsp3) is 0.500. The molecule has 1 atom stereocenters. The van der Waals surface area contributed by atoms with E-state index >= 15 is 0 Å². The van der Waals surface area contributed by atoms with Crippen molar-refractivity contribution in [2.24, 2.45) is 5.92 Å². The Bertz CT molecular complexity index is 546. The lowest BCUT2D eigenvalue weighted by atomic mass is 9.84. The quantitative estimate of drug-likeness (QED) is 0.900. The van der Waals surface area contributed by atoms with Crippen molar-refractivity contribution < 1.29 is 0 Å². The van der Waals surface area contributed by atoms with Crippen molar-refractivity contribution in [2.45, 2.75) is 45.1 Å². The van der Waals surface area contributed by atoms with Gasteiger partial charge in [0.2, 0.25) is 0 Å². The maximum absolute atomic E-state index is 4.36. The van der Waals surface area contributed by atoms with Crippen molar-refractivity contribution in [3.05, 3.63) is 30.6 Å². The summed E-state index contributed by atoms with van der Waals surface area (Å²) in [5.74, 6) is 0.811. The van der Waals surface area contributed by atoms with Gasteiger partial charge >= 0.3 is 0 Å². The first-order valence-corrected chi connectivity index (χ1v) is 7.30. The second-order valence-corrected chi connectivity index (χ2v) is 5.59. The summed E-state index contributed by atoms with van der Waals surface area (Å²) in [6, 6.07) is 6.78. The van der Waals surface area contributed by atoms with Gasteiger partial charge in [0.05, 0.1) is 11.0 Å². The monoisotopic (exact) mass is 255 g/mol. The number of rotatable bonds is 3. The standard InChI is InChI=1S/C16H21N3/c1-12(13-5-3-2-4-6-13)19-14-7-8-15-16(11-14)18-10-9-17-15/h7-13,19H,2-6H2,1H3. The van der Waals surface area contributed by atoms with Crippen LogP contribution < -0.4 is 5.32 Å². The van der Waals surface area contributed by atoms with Gasteiger partial charge in [0.15, 0.2) is 0 Å². The first kappa shape index (κ1) is 12.4. The van der Waals surface area contributed by atoms with Gasteiger partial charge in [0.1, 0.15) is 0 Å². The average molecular weight is 255 g/mol. The Morgan fingerprint density at radius 3 is 2.58 bits per heavy atom. The van der Waals surface area contributed by atoms with Crippen LogP contribution in [-0.2, 0) is 0 Å². The van der Waals surface area contributed by atoms with E-state index in [1.54, 1.807) is 12.4 Å². The number of hydrogen-bond donors (Lipinski definition) is 1. The van der Waals surface area contributed by atoms with Crippen LogP contribution in [0.15, 0.2) is 30.6 Å². The Kier molecular flexibility index (Phi) is 3.62. The van der Waals surface area contributed by atoms with Gasteiger partial charge < -0.3 is 5.32 Å². The van der Waals surface area contributed by atoms with Crippen LogP contribution >= 0.6 is 0 Å². The molecule has 0 amide bonds. The zero-order valence-electron chi connectivity index (χ0n) is 11.5. The fourth-order valence-corrected chi connectivity index (χ4v) is 3.07. The average Bonchev–Trinajstić information content (AvgIpc) is 2.48. The topological polar surface area (TPSA) is 37.8 Å². The number of aromatic nitrogens is 2. The minimum atomic E-state index is 0.537. The molecule has 1 N–H and O–H groups in total. The van der Waals surface area contributed by atoms with E-state index in [2.05, 4.69) is 34.3 Å². The highest BCUT2D eigenvalue weighted by molar-refractivity contribution is 5.78. The summed E-state index contributed by atoms with van der Waals surface area (Å²) in [7, 11) is 0. The molecule has 0 aliphatic heterocycles. The van der Waals surface area contributed by atoms with Gasteiger partial charge in [0.25, 0.3) is 0 Å². The molecule has 100 valence electrons. The van der Waals surface area contributed by atoms with Gasteiger partial charge in [-0.3, -0.25) is 9.97 Å². The third-order valence-electron chi connectivity index (χ3n) is 4.22. The lowest BCUT2D eigenvalue weighted by molar-refractivity contribution is 0.328. The van der Waals surface area contributed by atoms with Crippen LogP contribution in [0.4, 0.5) is 5.69 Å². The van der Waals surface area contributed by atoms with Crippen LogP contribution in [-0.4, -0.2) is 16.0 Å². The predicted molar refractivity (Wildman–Crippen MR) is 79.2 cm³/mol. The summed E-state index contributed by atoms with van der Waals surface area (Å²) < 4.78 is 0. The largest absolute Gasteiger partial charge is 0.382 e. The van der Waals surface area contributed by atoms with E-state index in [-0.39, 0.29) is 0 Å². The summed E-state index contributed by atoms with van der Waals surface area (Å²) in [4.78, 5) is 8.66. The van der Waals surface area contributed by atoms with Gasteiger partial charge in [-0.25, -0.2) is 0 Å². The summed E-state index contributed by atoms with van der Waals surface area (Å²) in [5.41, 5.74) is 3.08. The highest BCUT2D eigenvalue weighted by Crippen LogP contribution is 2.28. The van der Waals surface area contributed by atoms with Crippen LogP contribution in [0.5, 0.6) is 0 Å². The Balaban J connectivity index is 1.73. The summed E-state index contributed by atoms with van der Waals surface area (Å²) in [5, 5.41) is 3.64. The molecule has 3 rings (SSSR count). The van der Waals surface area contributed by atoms with Crippen LogP contribution in [0.2, 0.25) is 0 Å². The molecule has 1 aromatic carbocycles. The van der Waals surface area contributed by atoms with E-state index < -0.39 is 0 Å². The molecule has 0 radical (unpaired) electrons. The summed E-state index contributed by atoms with van der Waals surface area (Å²) >= 11 is 0. The van der Waals surface area contributed by atoms with Gasteiger partial charge in [-0.1, -0.05) is 19.3 Å². The molecule has 1 saturated carbocycles. The third kappa shape index (κ3) is 2.86. The molecule has 1 unspecified atom stereocenters. The normalized spacial score (nSPS) is 18.4. The lowest BCUT2D eigenvalue weighted by Crippen LogP contribution is -2.27. The first-order chi connectivity index (χ1) is 9.33. The lowest BCUT2D eigenvalue weighted by Gasteiger charge is -2.29.